The molecule has 0 aromatic heterocycles. The van der Waals surface area contributed by atoms with Crippen molar-refractivity contribution < 1.29 is 28.2 Å². The van der Waals surface area contributed by atoms with E-state index in [0.717, 1.165) is 10.5 Å². The number of hydrogen-bond donors (Lipinski definition) is 2. The minimum atomic E-state index is -3.79. The third-order valence-corrected chi connectivity index (χ3v) is 7.64. The zero-order chi connectivity index (χ0) is 26.5. The minimum Gasteiger partial charge on any atom is -0.465 e. The van der Waals surface area contributed by atoms with E-state index in [1.807, 2.05) is 0 Å². The van der Waals surface area contributed by atoms with Crippen LogP contribution in [-0.2, 0) is 16.3 Å². The van der Waals surface area contributed by atoms with Crippen molar-refractivity contribution in [1.29, 1.82) is 0 Å². The van der Waals surface area contributed by atoms with Gasteiger partial charge in [0.05, 0.1) is 22.4 Å². The van der Waals surface area contributed by atoms with Gasteiger partial charge in [-0.15, -0.1) is 0 Å². The van der Waals surface area contributed by atoms with Crippen molar-refractivity contribution in [2.75, 3.05) is 27.2 Å². The van der Waals surface area contributed by atoms with Crippen LogP contribution in [0.5, 0.6) is 0 Å². The van der Waals surface area contributed by atoms with Crippen LogP contribution in [0.25, 0.3) is 0 Å². The van der Waals surface area contributed by atoms with Crippen LogP contribution < -0.4 is 0 Å². The third-order valence-electron chi connectivity index (χ3n) is 5.62. The number of halogens is 1. The Morgan fingerprint density at radius 2 is 1.53 bits per heavy atom. The van der Waals surface area contributed by atoms with E-state index in [1.54, 1.807) is 50.5 Å². The van der Waals surface area contributed by atoms with E-state index in [-0.39, 0.29) is 28.8 Å². The smallest absolute Gasteiger partial charge is 0.407 e. The van der Waals surface area contributed by atoms with Crippen molar-refractivity contribution in [3.8, 4) is 0 Å². The molecule has 2 amide bonds. The molecule has 8 nitrogen and oxygen atoms in total. The topological polar surface area (TPSA) is 115 Å². The molecule has 0 aliphatic heterocycles. The summed E-state index contributed by atoms with van der Waals surface area (Å²) in [4.78, 5) is 26.4. The van der Waals surface area contributed by atoms with Gasteiger partial charge in [-0.1, -0.05) is 35.9 Å². The summed E-state index contributed by atoms with van der Waals surface area (Å²) >= 11 is 5.94. The van der Waals surface area contributed by atoms with Crippen molar-refractivity contribution in [2.45, 2.75) is 22.3 Å². The normalized spacial score (nSPS) is 12.1. The van der Waals surface area contributed by atoms with Gasteiger partial charge in [0.25, 0.3) is 5.91 Å². The largest absolute Gasteiger partial charge is 0.465 e. The van der Waals surface area contributed by atoms with E-state index in [4.69, 9.17) is 11.6 Å². The van der Waals surface area contributed by atoms with Crippen LogP contribution in [0.3, 0.4) is 0 Å². The molecule has 10 heteroatoms. The average molecular weight is 531 g/mol. The van der Waals surface area contributed by atoms with Gasteiger partial charge in [-0.3, -0.25) is 4.79 Å². The molecule has 0 spiro atoms. The summed E-state index contributed by atoms with van der Waals surface area (Å²) < 4.78 is 26.0. The highest BCUT2D eigenvalue weighted by Gasteiger charge is 2.20. The van der Waals surface area contributed by atoms with Gasteiger partial charge in [0.2, 0.25) is 9.84 Å². The highest BCUT2D eigenvalue weighted by atomic mass is 35.5. The second kappa shape index (κ2) is 11.6. The lowest BCUT2D eigenvalue weighted by Gasteiger charge is -2.23. The highest BCUT2D eigenvalue weighted by Crippen LogP contribution is 2.23. The first-order valence-electron chi connectivity index (χ1n) is 11.1. The second-order valence-electron chi connectivity index (χ2n) is 8.42. The van der Waals surface area contributed by atoms with Crippen molar-refractivity contribution >= 4 is 33.4 Å². The zero-order valence-electron chi connectivity index (χ0n) is 19.8. The number of hydrogen-bond acceptors (Lipinski definition) is 5. The number of nitrogens with zero attached hydrogens (tertiary/aromatic N) is 2. The van der Waals surface area contributed by atoms with Crippen molar-refractivity contribution in [3.63, 3.8) is 0 Å². The molecule has 0 bridgehead atoms. The first-order chi connectivity index (χ1) is 17.0. The Labute approximate surface area is 215 Å². The van der Waals surface area contributed by atoms with Gasteiger partial charge in [0.15, 0.2) is 0 Å². The summed E-state index contributed by atoms with van der Waals surface area (Å²) in [6.45, 7) is -0.0190. The molecular weight excluding hydrogens is 504 g/mol. The summed E-state index contributed by atoms with van der Waals surface area (Å²) in [7, 11) is -0.553. The molecule has 1 atom stereocenters. The van der Waals surface area contributed by atoms with Gasteiger partial charge in [0.1, 0.15) is 0 Å². The summed E-state index contributed by atoms with van der Waals surface area (Å²) in [5.41, 5.74) is 1.64. The number of sulfone groups is 1. The molecule has 0 heterocycles. The molecule has 3 aromatic rings. The molecule has 0 unspecified atom stereocenters. The van der Waals surface area contributed by atoms with Crippen molar-refractivity contribution in [1.82, 2.24) is 9.80 Å². The number of benzene rings is 3. The van der Waals surface area contributed by atoms with E-state index in [2.05, 4.69) is 0 Å². The highest BCUT2D eigenvalue weighted by molar-refractivity contribution is 7.91. The molecule has 0 radical (unpaired) electrons. The van der Waals surface area contributed by atoms with Crippen molar-refractivity contribution in [3.05, 3.63) is 94.5 Å². The maximum absolute atomic E-state index is 13.0. The van der Waals surface area contributed by atoms with Gasteiger partial charge >= 0.3 is 6.09 Å². The second-order valence-corrected chi connectivity index (χ2v) is 10.8. The molecule has 0 saturated heterocycles. The fourth-order valence-electron chi connectivity index (χ4n) is 3.56. The lowest BCUT2D eigenvalue weighted by molar-refractivity contribution is 0.0827. The molecule has 190 valence electrons. The van der Waals surface area contributed by atoms with E-state index < -0.39 is 22.0 Å². The predicted octanol–water partition coefficient (Wildman–Crippen LogP) is 4.13. The number of aliphatic hydroxyl groups excluding tert-OH is 1. The number of carbonyl (C=O) groups is 2. The maximum Gasteiger partial charge on any atom is 0.407 e. The third kappa shape index (κ3) is 6.63. The van der Waals surface area contributed by atoms with Gasteiger partial charge in [0, 0.05) is 31.2 Å². The number of carbonyl (C=O) groups excluding carboxylic acids is 1. The monoisotopic (exact) mass is 530 g/mol. The Morgan fingerprint density at radius 3 is 2.06 bits per heavy atom. The van der Waals surface area contributed by atoms with Crippen LogP contribution in [0.4, 0.5) is 4.79 Å². The number of carboxylic acid groups (broad SMARTS) is 1. The first-order valence-corrected chi connectivity index (χ1v) is 12.9. The summed E-state index contributed by atoms with van der Waals surface area (Å²) in [5.74, 6) is -0.223. The lowest BCUT2D eigenvalue weighted by atomic mass is 10.1. The van der Waals surface area contributed by atoms with Crippen LogP contribution >= 0.6 is 11.6 Å². The molecule has 0 aliphatic carbocycles. The van der Waals surface area contributed by atoms with E-state index in [1.165, 1.54) is 41.3 Å². The maximum atomic E-state index is 13.0. The Kier molecular flexibility index (Phi) is 8.73. The lowest BCUT2D eigenvalue weighted by Crippen LogP contribution is -2.35. The molecule has 0 aliphatic rings. The van der Waals surface area contributed by atoms with Gasteiger partial charge in [-0.05, 0) is 66.1 Å². The molecule has 3 rings (SSSR count). The van der Waals surface area contributed by atoms with Gasteiger partial charge in [-0.2, -0.15) is 0 Å². The van der Waals surface area contributed by atoms with Gasteiger partial charge in [-0.25, -0.2) is 13.2 Å². The molecule has 3 aromatic carbocycles. The fourth-order valence-corrected chi connectivity index (χ4v) is 5.02. The number of rotatable bonds is 9. The SMILES string of the molecule is CN(C)C(=O)c1ccc(S(=O)(=O)c2ccc(CCN(C[C@H](O)c3cccc(Cl)c3)C(=O)O)cc2)cc1. The predicted molar refractivity (Wildman–Crippen MR) is 136 cm³/mol. The molecule has 0 fully saturated rings. The van der Waals surface area contributed by atoms with Crippen LogP contribution in [-0.4, -0.2) is 67.6 Å². The summed E-state index contributed by atoms with van der Waals surface area (Å²) in [5, 5.41) is 20.4. The van der Waals surface area contributed by atoms with Crippen molar-refractivity contribution in [2.24, 2.45) is 0 Å². The van der Waals surface area contributed by atoms with E-state index >= 15 is 0 Å². The number of amides is 2. The minimum absolute atomic E-state index is 0.0672. The van der Waals surface area contributed by atoms with Gasteiger partial charge < -0.3 is 20.0 Å². The molecular formula is C26H27ClN2O6S. The summed E-state index contributed by atoms with van der Waals surface area (Å²) in [6, 6.07) is 18.5. The quantitative estimate of drug-likeness (QED) is 0.430. The molecule has 2 N–H and O–H groups in total. The Morgan fingerprint density at radius 1 is 0.944 bits per heavy atom. The number of aliphatic hydroxyl groups is 1. The Hall–Kier alpha value is -3.40. The van der Waals surface area contributed by atoms with E-state index in [0.29, 0.717) is 22.6 Å². The molecule has 0 saturated carbocycles. The van der Waals surface area contributed by atoms with Crippen LogP contribution in [0.1, 0.15) is 27.6 Å². The molecule has 36 heavy (non-hydrogen) atoms. The Bertz CT molecular complexity index is 1330. The average Bonchev–Trinajstić information content (AvgIpc) is 2.86. The van der Waals surface area contributed by atoms with Crippen LogP contribution in [0, 0.1) is 0 Å². The first kappa shape index (κ1) is 27.2. The summed E-state index contributed by atoms with van der Waals surface area (Å²) in [6.07, 6.45) is -1.88. The Balaban J connectivity index is 1.66. The van der Waals surface area contributed by atoms with Crippen LogP contribution in [0.2, 0.25) is 5.02 Å². The fraction of sp³-hybridized carbons (Fsp3) is 0.231. The standard InChI is InChI=1S/C26H27ClN2O6S/c1-28(2)25(31)19-8-12-23(13-9-19)36(34,35)22-10-6-18(7-11-22)14-15-29(26(32)33)17-24(30)20-4-3-5-21(27)16-20/h3-13,16,24,30H,14-15,17H2,1-2H3,(H,32,33)/t24-/m0/s1. The zero-order valence-corrected chi connectivity index (χ0v) is 21.4. The van der Waals surface area contributed by atoms with E-state index in [9.17, 15) is 28.2 Å². The van der Waals surface area contributed by atoms with Crippen LogP contribution in [0.15, 0.2) is 82.6 Å².